The van der Waals surface area contributed by atoms with Gasteiger partial charge in [-0.05, 0) is 24.3 Å². The fourth-order valence-electron chi connectivity index (χ4n) is 1.32. The molecule has 1 rings (SSSR count). The third kappa shape index (κ3) is 5.30. The van der Waals surface area contributed by atoms with Crippen LogP contribution >= 0.6 is 0 Å². The number of carboxylic acid groups (broad SMARTS) is 1. The number of rotatable bonds is 5. The first-order chi connectivity index (χ1) is 9.38. The lowest BCUT2D eigenvalue weighted by atomic mass is 10.1. The van der Waals surface area contributed by atoms with Crippen LogP contribution in [0.1, 0.15) is 12.5 Å². The van der Waals surface area contributed by atoms with Crippen molar-refractivity contribution in [2.75, 3.05) is 11.9 Å². The molecule has 0 heterocycles. The Bertz CT molecular complexity index is 569. The van der Waals surface area contributed by atoms with Crippen LogP contribution in [0.25, 0.3) is 6.08 Å². The van der Waals surface area contributed by atoms with Crippen LogP contribution in [0.15, 0.2) is 24.3 Å². The van der Waals surface area contributed by atoms with Gasteiger partial charge in [0.25, 0.3) is 0 Å². The summed E-state index contributed by atoms with van der Waals surface area (Å²) in [4.78, 5) is 32.5. The zero-order chi connectivity index (χ0) is 15.1. The molecular formula is C13H13FN2O4. The van der Waals surface area contributed by atoms with Gasteiger partial charge < -0.3 is 15.7 Å². The molecule has 20 heavy (non-hydrogen) atoms. The van der Waals surface area contributed by atoms with Crippen molar-refractivity contribution in [2.24, 2.45) is 0 Å². The molecule has 1 aromatic rings. The molecular weight excluding hydrogens is 267 g/mol. The number of anilines is 1. The van der Waals surface area contributed by atoms with E-state index in [1.165, 1.54) is 19.1 Å². The fourth-order valence-corrected chi connectivity index (χ4v) is 1.32. The van der Waals surface area contributed by atoms with E-state index in [0.29, 0.717) is 5.69 Å². The van der Waals surface area contributed by atoms with E-state index in [9.17, 15) is 18.8 Å². The van der Waals surface area contributed by atoms with E-state index < -0.39 is 17.7 Å². The number of hydrogen-bond acceptors (Lipinski definition) is 3. The Balaban J connectivity index is 2.77. The standard InChI is InChI=1S/C13H13FN2O4/c1-8(17)15-7-12(18)16-10-3-4-11(14)9(6-10)2-5-13(19)20/h2-6H,7H2,1H3,(H,15,17)(H,16,18)(H,19,20)/b5-2+. The maximum Gasteiger partial charge on any atom is 0.328 e. The number of nitrogens with one attached hydrogen (secondary N) is 2. The molecule has 6 nitrogen and oxygen atoms in total. The zero-order valence-corrected chi connectivity index (χ0v) is 10.6. The lowest BCUT2D eigenvalue weighted by Crippen LogP contribution is -2.31. The monoisotopic (exact) mass is 280 g/mol. The highest BCUT2D eigenvalue weighted by molar-refractivity contribution is 5.94. The van der Waals surface area contributed by atoms with E-state index in [0.717, 1.165) is 18.2 Å². The average Bonchev–Trinajstić information content (AvgIpc) is 2.37. The predicted octanol–water partition coefficient (Wildman–Crippen LogP) is 0.998. The minimum absolute atomic E-state index is 0.0322. The summed E-state index contributed by atoms with van der Waals surface area (Å²) in [6, 6.07) is 3.73. The van der Waals surface area contributed by atoms with Crippen LogP contribution in [0.2, 0.25) is 0 Å². The van der Waals surface area contributed by atoms with Crippen molar-refractivity contribution >= 4 is 29.5 Å². The van der Waals surface area contributed by atoms with Crippen LogP contribution in [-0.4, -0.2) is 29.4 Å². The van der Waals surface area contributed by atoms with E-state index in [1.54, 1.807) is 0 Å². The number of benzene rings is 1. The van der Waals surface area contributed by atoms with Gasteiger partial charge in [0, 0.05) is 24.3 Å². The number of halogens is 1. The Hall–Kier alpha value is -2.70. The summed E-state index contributed by atoms with van der Waals surface area (Å²) in [6.07, 6.45) is 1.88. The highest BCUT2D eigenvalue weighted by atomic mass is 19.1. The third-order valence-electron chi connectivity index (χ3n) is 2.18. The molecule has 0 fully saturated rings. The van der Waals surface area contributed by atoms with E-state index in [1.807, 2.05) is 0 Å². The molecule has 0 saturated heterocycles. The van der Waals surface area contributed by atoms with Gasteiger partial charge in [-0.15, -0.1) is 0 Å². The molecule has 0 atom stereocenters. The summed E-state index contributed by atoms with van der Waals surface area (Å²) in [5.41, 5.74) is 0.330. The van der Waals surface area contributed by atoms with Gasteiger partial charge in [0.05, 0.1) is 6.54 Å². The summed E-state index contributed by atoms with van der Waals surface area (Å²) < 4.78 is 13.4. The van der Waals surface area contributed by atoms with Crippen LogP contribution in [0.4, 0.5) is 10.1 Å². The molecule has 3 N–H and O–H groups in total. The van der Waals surface area contributed by atoms with Gasteiger partial charge in [-0.3, -0.25) is 9.59 Å². The van der Waals surface area contributed by atoms with Gasteiger partial charge >= 0.3 is 5.97 Å². The van der Waals surface area contributed by atoms with Crippen molar-refractivity contribution in [1.29, 1.82) is 0 Å². The summed E-state index contributed by atoms with van der Waals surface area (Å²) in [5.74, 6) is -2.63. The second kappa shape index (κ2) is 7.03. The topological polar surface area (TPSA) is 95.5 Å². The van der Waals surface area contributed by atoms with Gasteiger partial charge in [-0.25, -0.2) is 9.18 Å². The molecule has 2 amide bonds. The third-order valence-corrected chi connectivity index (χ3v) is 2.18. The number of carbonyl (C=O) groups excluding carboxylic acids is 2. The second-order valence-corrected chi connectivity index (χ2v) is 3.87. The molecule has 0 spiro atoms. The van der Waals surface area contributed by atoms with Crippen LogP contribution in [0.5, 0.6) is 0 Å². The van der Waals surface area contributed by atoms with Crippen LogP contribution < -0.4 is 10.6 Å². The second-order valence-electron chi connectivity index (χ2n) is 3.87. The Morgan fingerprint density at radius 2 is 2.05 bits per heavy atom. The lowest BCUT2D eigenvalue weighted by Gasteiger charge is -2.07. The fraction of sp³-hybridized carbons (Fsp3) is 0.154. The molecule has 0 aromatic heterocycles. The highest BCUT2D eigenvalue weighted by Gasteiger charge is 2.06. The molecule has 0 unspecified atom stereocenters. The number of carboxylic acids is 1. The van der Waals surface area contributed by atoms with Crippen molar-refractivity contribution in [3.63, 3.8) is 0 Å². The maximum atomic E-state index is 13.4. The molecule has 0 aliphatic heterocycles. The van der Waals surface area contributed by atoms with Gasteiger partial charge in [0.15, 0.2) is 0 Å². The van der Waals surface area contributed by atoms with Gasteiger partial charge in [-0.1, -0.05) is 0 Å². The summed E-state index contributed by atoms with van der Waals surface area (Å²) in [7, 11) is 0. The number of hydrogen-bond donors (Lipinski definition) is 3. The number of aliphatic carboxylic acids is 1. The molecule has 0 saturated carbocycles. The quantitative estimate of drug-likeness (QED) is 0.701. The molecule has 7 heteroatoms. The zero-order valence-electron chi connectivity index (χ0n) is 10.6. The van der Waals surface area contributed by atoms with Crippen molar-refractivity contribution in [2.45, 2.75) is 6.92 Å². The molecule has 0 aliphatic carbocycles. The first-order valence-electron chi connectivity index (χ1n) is 5.63. The molecule has 1 aromatic carbocycles. The van der Waals surface area contributed by atoms with Crippen molar-refractivity contribution in [3.8, 4) is 0 Å². The Kier molecular flexibility index (Phi) is 5.40. The van der Waals surface area contributed by atoms with Crippen LogP contribution in [-0.2, 0) is 14.4 Å². The van der Waals surface area contributed by atoms with Crippen LogP contribution in [0.3, 0.4) is 0 Å². The van der Waals surface area contributed by atoms with E-state index in [4.69, 9.17) is 5.11 Å². The first-order valence-corrected chi connectivity index (χ1v) is 5.63. The van der Waals surface area contributed by atoms with Gasteiger partial charge in [-0.2, -0.15) is 0 Å². The minimum atomic E-state index is -1.20. The SMILES string of the molecule is CC(=O)NCC(=O)Nc1ccc(F)c(/C=C/C(=O)O)c1. The Labute approximate surface area is 114 Å². The summed E-state index contributed by atoms with van der Waals surface area (Å²) in [6.45, 7) is 1.08. The minimum Gasteiger partial charge on any atom is -0.478 e. The lowest BCUT2D eigenvalue weighted by molar-refractivity contribution is -0.131. The number of amides is 2. The average molecular weight is 280 g/mol. The van der Waals surface area contributed by atoms with E-state index in [-0.39, 0.29) is 18.0 Å². The maximum absolute atomic E-state index is 13.4. The van der Waals surface area contributed by atoms with Crippen LogP contribution in [0, 0.1) is 5.82 Å². The summed E-state index contributed by atoms with van der Waals surface area (Å²) >= 11 is 0. The smallest absolute Gasteiger partial charge is 0.328 e. The largest absolute Gasteiger partial charge is 0.478 e. The predicted molar refractivity (Wildman–Crippen MR) is 70.4 cm³/mol. The molecule has 0 radical (unpaired) electrons. The normalized spacial score (nSPS) is 10.3. The Morgan fingerprint density at radius 1 is 1.35 bits per heavy atom. The Morgan fingerprint density at radius 3 is 2.65 bits per heavy atom. The first kappa shape index (κ1) is 15.4. The molecule has 0 aliphatic rings. The van der Waals surface area contributed by atoms with Gasteiger partial charge in [0.2, 0.25) is 11.8 Å². The van der Waals surface area contributed by atoms with Gasteiger partial charge in [0.1, 0.15) is 5.82 Å². The van der Waals surface area contributed by atoms with Crippen molar-refractivity contribution < 1.29 is 23.9 Å². The van der Waals surface area contributed by atoms with E-state index in [2.05, 4.69) is 10.6 Å². The van der Waals surface area contributed by atoms with E-state index >= 15 is 0 Å². The summed E-state index contributed by atoms with van der Waals surface area (Å²) in [5, 5.41) is 13.2. The van der Waals surface area contributed by atoms with Crippen molar-refractivity contribution in [3.05, 3.63) is 35.7 Å². The number of carbonyl (C=O) groups is 3. The molecule has 106 valence electrons. The highest BCUT2D eigenvalue weighted by Crippen LogP contribution is 2.16. The van der Waals surface area contributed by atoms with Crippen molar-refractivity contribution in [1.82, 2.24) is 5.32 Å². The molecule has 0 bridgehead atoms.